The van der Waals surface area contributed by atoms with Gasteiger partial charge >= 0.3 is 5.97 Å². The van der Waals surface area contributed by atoms with Crippen LogP contribution in [-0.2, 0) is 14.3 Å². The standard InChI is InChI=1S/C15H16O3.C2H6N2/c1-11-6-4-5-7-13(11)10-14(15(17)18-3)12(2)8-9-16;3-1-2-4/h4-7,9-10H,2,8H2,1,3H3;1-2H,3-4H2/b14-10+;2-1+. The Morgan fingerprint density at radius 2 is 1.86 bits per heavy atom. The van der Waals surface area contributed by atoms with Crippen LogP contribution in [0.15, 0.2) is 54.4 Å². The van der Waals surface area contributed by atoms with Gasteiger partial charge in [0.05, 0.1) is 12.7 Å². The number of carbonyl (C=O) groups excluding carboxylic acids is 2. The van der Waals surface area contributed by atoms with E-state index >= 15 is 0 Å². The van der Waals surface area contributed by atoms with Crippen molar-refractivity contribution in [3.63, 3.8) is 0 Å². The molecule has 4 N–H and O–H groups in total. The van der Waals surface area contributed by atoms with Crippen molar-refractivity contribution in [2.45, 2.75) is 13.3 Å². The summed E-state index contributed by atoms with van der Waals surface area (Å²) in [5.41, 5.74) is 12.2. The highest BCUT2D eigenvalue weighted by molar-refractivity contribution is 5.99. The second-order valence-corrected chi connectivity index (χ2v) is 4.27. The first-order valence-electron chi connectivity index (χ1n) is 6.57. The maximum atomic E-state index is 11.7. The van der Waals surface area contributed by atoms with E-state index in [1.165, 1.54) is 19.5 Å². The fourth-order valence-electron chi connectivity index (χ4n) is 1.53. The Hall–Kier alpha value is -2.82. The highest BCUT2D eigenvalue weighted by Gasteiger charge is 2.13. The van der Waals surface area contributed by atoms with Crippen molar-refractivity contribution < 1.29 is 14.3 Å². The molecule has 0 radical (unpaired) electrons. The molecule has 5 nitrogen and oxygen atoms in total. The molecule has 0 bridgehead atoms. The van der Waals surface area contributed by atoms with Gasteiger partial charge in [0.15, 0.2) is 0 Å². The number of hydrogen-bond donors (Lipinski definition) is 2. The van der Waals surface area contributed by atoms with E-state index in [9.17, 15) is 9.59 Å². The SMILES string of the molecule is C=C(CC=O)/C(=C\c1ccccc1C)C(=O)OC.N/C=C/N. The Kier molecular flexibility index (Phi) is 9.51. The van der Waals surface area contributed by atoms with E-state index in [2.05, 4.69) is 6.58 Å². The zero-order valence-corrected chi connectivity index (χ0v) is 12.9. The lowest BCUT2D eigenvalue weighted by Gasteiger charge is -2.07. The summed E-state index contributed by atoms with van der Waals surface area (Å²) < 4.78 is 4.71. The molecule has 0 aliphatic heterocycles. The summed E-state index contributed by atoms with van der Waals surface area (Å²) in [4.78, 5) is 22.2. The molecule has 1 rings (SSSR count). The molecular weight excluding hydrogens is 280 g/mol. The first-order valence-corrected chi connectivity index (χ1v) is 6.57. The maximum Gasteiger partial charge on any atom is 0.338 e. The van der Waals surface area contributed by atoms with Crippen molar-refractivity contribution in [2.75, 3.05) is 7.11 Å². The Bertz CT molecular complexity index is 571. The summed E-state index contributed by atoms with van der Waals surface area (Å²) in [7, 11) is 1.31. The number of aryl methyl sites for hydroxylation is 1. The molecule has 0 heterocycles. The van der Waals surface area contributed by atoms with Crippen molar-refractivity contribution >= 4 is 18.3 Å². The van der Waals surface area contributed by atoms with Crippen LogP contribution in [-0.4, -0.2) is 19.4 Å². The van der Waals surface area contributed by atoms with Gasteiger partial charge in [-0.3, -0.25) is 0 Å². The molecule has 0 fully saturated rings. The molecule has 22 heavy (non-hydrogen) atoms. The molecule has 0 aliphatic carbocycles. The Morgan fingerprint density at radius 1 is 1.27 bits per heavy atom. The van der Waals surface area contributed by atoms with Gasteiger partial charge in [0.1, 0.15) is 6.29 Å². The lowest BCUT2D eigenvalue weighted by molar-refractivity contribution is -0.135. The summed E-state index contributed by atoms with van der Waals surface area (Å²) in [6.07, 6.45) is 5.09. The second-order valence-electron chi connectivity index (χ2n) is 4.27. The number of esters is 1. The fraction of sp³-hybridized carbons (Fsp3) is 0.176. The van der Waals surface area contributed by atoms with Gasteiger partial charge in [-0.1, -0.05) is 30.8 Å². The Morgan fingerprint density at radius 3 is 2.32 bits per heavy atom. The van der Waals surface area contributed by atoms with Gasteiger partial charge in [0.25, 0.3) is 0 Å². The number of carbonyl (C=O) groups is 2. The summed E-state index contributed by atoms with van der Waals surface area (Å²) in [5, 5.41) is 0. The average molecular weight is 302 g/mol. The summed E-state index contributed by atoms with van der Waals surface area (Å²) in [5.74, 6) is -0.481. The van der Waals surface area contributed by atoms with E-state index in [4.69, 9.17) is 16.2 Å². The van der Waals surface area contributed by atoms with Gasteiger partial charge in [-0.15, -0.1) is 0 Å². The zero-order chi connectivity index (χ0) is 17.0. The largest absolute Gasteiger partial charge is 0.465 e. The van der Waals surface area contributed by atoms with Crippen LogP contribution in [0.25, 0.3) is 6.08 Å². The number of hydrogen-bond acceptors (Lipinski definition) is 5. The predicted octanol–water partition coefficient (Wildman–Crippen LogP) is 2.07. The first kappa shape index (κ1) is 19.2. The van der Waals surface area contributed by atoms with Gasteiger partial charge in [-0.05, 0) is 29.7 Å². The third-order valence-corrected chi connectivity index (χ3v) is 2.72. The van der Waals surface area contributed by atoms with Crippen molar-refractivity contribution in [3.8, 4) is 0 Å². The summed E-state index contributed by atoms with van der Waals surface area (Å²) >= 11 is 0. The minimum Gasteiger partial charge on any atom is -0.465 e. The van der Waals surface area contributed by atoms with E-state index < -0.39 is 5.97 Å². The summed E-state index contributed by atoms with van der Waals surface area (Å²) in [6, 6.07) is 7.65. The molecule has 0 aliphatic rings. The lowest BCUT2D eigenvalue weighted by Crippen LogP contribution is -2.07. The number of ether oxygens (including phenoxy) is 1. The van der Waals surface area contributed by atoms with Crippen LogP contribution in [0.2, 0.25) is 0 Å². The first-order chi connectivity index (χ1) is 10.5. The van der Waals surface area contributed by atoms with Crippen molar-refractivity contribution in [2.24, 2.45) is 11.5 Å². The van der Waals surface area contributed by atoms with E-state index in [1.807, 2.05) is 31.2 Å². The molecule has 0 saturated heterocycles. The quantitative estimate of drug-likeness (QED) is 0.376. The number of rotatable bonds is 5. The molecule has 1 aromatic rings. The van der Waals surface area contributed by atoms with E-state index in [1.54, 1.807) is 6.08 Å². The number of benzene rings is 1. The highest BCUT2D eigenvalue weighted by atomic mass is 16.5. The second kappa shape index (κ2) is 10.9. The van der Waals surface area contributed by atoms with Crippen LogP contribution < -0.4 is 11.5 Å². The van der Waals surface area contributed by atoms with Crippen LogP contribution >= 0.6 is 0 Å². The van der Waals surface area contributed by atoms with Gasteiger partial charge in [-0.2, -0.15) is 0 Å². The van der Waals surface area contributed by atoms with Crippen LogP contribution in [0, 0.1) is 6.92 Å². The Labute approximate surface area is 130 Å². The molecule has 0 spiro atoms. The lowest BCUT2D eigenvalue weighted by atomic mass is 10.00. The molecule has 0 unspecified atom stereocenters. The average Bonchev–Trinajstić information content (AvgIpc) is 2.53. The normalized spacial score (nSPS) is 10.5. The molecule has 5 heteroatoms. The molecule has 0 aromatic heterocycles. The van der Waals surface area contributed by atoms with E-state index in [0.717, 1.165) is 17.4 Å². The van der Waals surface area contributed by atoms with E-state index in [-0.39, 0.29) is 6.42 Å². The molecular formula is C17H22N2O3. The van der Waals surface area contributed by atoms with Gasteiger partial charge in [-0.25, -0.2) is 4.79 Å². The van der Waals surface area contributed by atoms with Crippen molar-refractivity contribution in [1.82, 2.24) is 0 Å². The number of nitrogens with two attached hydrogens (primary N) is 2. The van der Waals surface area contributed by atoms with Crippen LogP contribution in [0.3, 0.4) is 0 Å². The van der Waals surface area contributed by atoms with E-state index in [0.29, 0.717) is 11.1 Å². The predicted molar refractivity (Wildman–Crippen MR) is 88.5 cm³/mol. The van der Waals surface area contributed by atoms with Crippen molar-refractivity contribution in [3.05, 3.63) is 65.5 Å². The van der Waals surface area contributed by atoms with Gasteiger partial charge in [0.2, 0.25) is 0 Å². The molecule has 1 aromatic carbocycles. The van der Waals surface area contributed by atoms with Crippen molar-refractivity contribution in [1.29, 1.82) is 0 Å². The molecule has 0 amide bonds. The summed E-state index contributed by atoms with van der Waals surface area (Å²) in [6.45, 7) is 5.69. The molecule has 0 atom stereocenters. The van der Waals surface area contributed by atoms with Gasteiger partial charge < -0.3 is 21.0 Å². The third-order valence-electron chi connectivity index (χ3n) is 2.72. The minimum atomic E-state index is -0.481. The molecule has 0 saturated carbocycles. The zero-order valence-electron chi connectivity index (χ0n) is 12.9. The maximum absolute atomic E-state index is 11.7. The highest BCUT2D eigenvalue weighted by Crippen LogP contribution is 2.19. The van der Waals surface area contributed by atoms with Crippen LogP contribution in [0.5, 0.6) is 0 Å². The monoisotopic (exact) mass is 302 g/mol. The smallest absolute Gasteiger partial charge is 0.338 e. The van der Waals surface area contributed by atoms with Gasteiger partial charge in [0, 0.05) is 18.8 Å². The van der Waals surface area contributed by atoms with Crippen LogP contribution in [0.4, 0.5) is 0 Å². The minimum absolute atomic E-state index is 0.118. The topological polar surface area (TPSA) is 95.4 Å². The van der Waals surface area contributed by atoms with Crippen LogP contribution in [0.1, 0.15) is 17.5 Å². The number of methoxy groups -OCH3 is 1. The number of aldehydes is 1. The molecule has 118 valence electrons. The third kappa shape index (κ3) is 6.56. The fourth-order valence-corrected chi connectivity index (χ4v) is 1.53. The Balaban J connectivity index is 0.000000980.